The van der Waals surface area contributed by atoms with Crippen LogP contribution in [0, 0.1) is 0 Å². The highest BCUT2D eigenvalue weighted by Gasteiger charge is 2.22. The molecule has 18 heavy (non-hydrogen) atoms. The van der Waals surface area contributed by atoms with Crippen molar-refractivity contribution < 1.29 is 8.42 Å². The van der Waals surface area contributed by atoms with Crippen LogP contribution in [0.3, 0.4) is 0 Å². The van der Waals surface area contributed by atoms with Gasteiger partial charge in [-0.2, -0.15) is 0 Å². The zero-order valence-corrected chi connectivity index (χ0v) is 11.4. The minimum atomic E-state index is -2.95. The van der Waals surface area contributed by atoms with Crippen LogP contribution in [0.25, 0.3) is 0 Å². The van der Waals surface area contributed by atoms with Crippen molar-refractivity contribution in [1.29, 1.82) is 0 Å². The summed E-state index contributed by atoms with van der Waals surface area (Å²) in [6.07, 6.45) is 3.76. The van der Waals surface area contributed by atoms with Crippen LogP contribution in [0.15, 0.2) is 41.8 Å². The molecule has 0 saturated heterocycles. The van der Waals surface area contributed by atoms with Crippen LogP contribution in [0.1, 0.15) is 18.9 Å². The van der Waals surface area contributed by atoms with Gasteiger partial charge < -0.3 is 5.32 Å². The lowest BCUT2D eigenvalue weighted by Crippen LogP contribution is -2.37. The van der Waals surface area contributed by atoms with Gasteiger partial charge >= 0.3 is 0 Å². The standard InChI is InChI=1S/C14H19NO2S/c1-12(7-8-13-5-3-2-4-6-13)15-14-9-10-18(16,17)11-14/h2-6,9-10,12,14-15H,7-8,11H2,1H3. The molecule has 1 aromatic carbocycles. The van der Waals surface area contributed by atoms with Crippen molar-refractivity contribution in [3.05, 3.63) is 47.4 Å². The average molecular weight is 265 g/mol. The van der Waals surface area contributed by atoms with Gasteiger partial charge in [-0.15, -0.1) is 0 Å². The van der Waals surface area contributed by atoms with E-state index in [0.717, 1.165) is 12.8 Å². The largest absolute Gasteiger partial charge is 0.307 e. The van der Waals surface area contributed by atoms with Gasteiger partial charge in [0.15, 0.2) is 9.84 Å². The lowest BCUT2D eigenvalue weighted by atomic mass is 10.1. The molecular weight excluding hydrogens is 246 g/mol. The summed E-state index contributed by atoms with van der Waals surface area (Å²) < 4.78 is 22.6. The Bertz CT molecular complexity index is 508. The molecule has 0 amide bonds. The second-order valence-corrected chi connectivity index (χ2v) is 6.79. The zero-order valence-electron chi connectivity index (χ0n) is 10.5. The summed E-state index contributed by atoms with van der Waals surface area (Å²) in [6.45, 7) is 2.10. The lowest BCUT2D eigenvalue weighted by Gasteiger charge is -2.17. The summed E-state index contributed by atoms with van der Waals surface area (Å²) in [7, 11) is -2.95. The maximum absolute atomic E-state index is 11.3. The third-order valence-electron chi connectivity index (χ3n) is 3.14. The third-order valence-corrected chi connectivity index (χ3v) is 4.53. The zero-order chi connectivity index (χ0) is 13.0. The lowest BCUT2D eigenvalue weighted by molar-refractivity contribution is 0.489. The van der Waals surface area contributed by atoms with E-state index in [1.54, 1.807) is 6.08 Å². The second-order valence-electron chi connectivity index (χ2n) is 4.86. The molecule has 98 valence electrons. The summed E-state index contributed by atoms with van der Waals surface area (Å²) >= 11 is 0. The van der Waals surface area contributed by atoms with Crippen molar-refractivity contribution in [2.45, 2.75) is 31.8 Å². The number of hydrogen-bond donors (Lipinski definition) is 1. The molecule has 3 nitrogen and oxygen atoms in total. The molecule has 0 bridgehead atoms. The Balaban J connectivity index is 1.77. The summed E-state index contributed by atoms with van der Waals surface area (Å²) in [4.78, 5) is 0. The number of sulfone groups is 1. The molecule has 0 radical (unpaired) electrons. The van der Waals surface area contributed by atoms with E-state index in [1.807, 2.05) is 18.2 Å². The first-order valence-corrected chi connectivity index (χ1v) is 7.98. The number of aryl methyl sites for hydroxylation is 1. The Morgan fingerprint density at radius 1 is 1.33 bits per heavy atom. The Labute approximate surface area is 109 Å². The fourth-order valence-electron chi connectivity index (χ4n) is 2.16. The molecule has 1 N–H and O–H groups in total. The van der Waals surface area contributed by atoms with Crippen LogP contribution in [0.5, 0.6) is 0 Å². The maximum Gasteiger partial charge on any atom is 0.173 e. The summed E-state index contributed by atoms with van der Waals surface area (Å²) in [5.41, 5.74) is 1.32. The molecule has 0 aliphatic carbocycles. The van der Waals surface area contributed by atoms with Gasteiger partial charge in [0.25, 0.3) is 0 Å². The van der Waals surface area contributed by atoms with Gasteiger partial charge in [0, 0.05) is 17.5 Å². The number of rotatable bonds is 5. The monoisotopic (exact) mass is 265 g/mol. The Hall–Kier alpha value is -1.13. The first-order valence-electron chi connectivity index (χ1n) is 6.26. The molecular formula is C14H19NO2S. The molecule has 0 spiro atoms. The van der Waals surface area contributed by atoms with Crippen LogP contribution >= 0.6 is 0 Å². The molecule has 0 aromatic heterocycles. The highest BCUT2D eigenvalue weighted by atomic mass is 32.2. The van der Waals surface area contributed by atoms with Gasteiger partial charge in [-0.25, -0.2) is 8.42 Å². The fourth-order valence-corrected chi connectivity index (χ4v) is 3.40. The minimum Gasteiger partial charge on any atom is -0.307 e. The quantitative estimate of drug-likeness (QED) is 0.884. The molecule has 0 fully saturated rings. The van der Waals surface area contributed by atoms with Crippen molar-refractivity contribution in [2.75, 3.05) is 5.75 Å². The van der Waals surface area contributed by atoms with E-state index in [9.17, 15) is 8.42 Å². The fraction of sp³-hybridized carbons (Fsp3) is 0.429. The molecule has 1 aliphatic rings. The highest BCUT2D eigenvalue weighted by Crippen LogP contribution is 2.10. The van der Waals surface area contributed by atoms with Gasteiger partial charge in [-0.3, -0.25) is 0 Å². The third kappa shape index (κ3) is 3.96. The van der Waals surface area contributed by atoms with Crippen LogP contribution in [-0.4, -0.2) is 26.3 Å². The van der Waals surface area contributed by atoms with Crippen molar-refractivity contribution in [3.63, 3.8) is 0 Å². The first-order chi connectivity index (χ1) is 8.55. The molecule has 4 heteroatoms. The van der Waals surface area contributed by atoms with Gasteiger partial charge in [-0.1, -0.05) is 36.4 Å². The van der Waals surface area contributed by atoms with Gasteiger partial charge in [-0.05, 0) is 25.3 Å². The number of nitrogens with one attached hydrogen (secondary N) is 1. The van der Waals surface area contributed by atoms with Crippen molar-refractivity contribution in [1.82, 2.24) is 5.32 Å². The summed E-state index contributed by atoms with van der Waals surface area (Å²) in [5, 5.41) is 4.65. The Morgan fingerprint density at radius 3 is 2.67 bits per heavy atom. The predicted octanol–water partition coefficient (Wildman–Crippen LogP) is 1.91. The molecule has 1 aromatic rings. The van der Waals surface area contributed by atoms with Crippen LogP contribution < -0.4 is 5.32 Å². The number of hydrogen-bond acceptors (Lipinski definition) is 3. The second kappa shape index (κ2) is 5.67. The summed E-state index contributed by atoms with van der Waals surface area (Å²) in [6, 6.07) is 10.6. The average Bonchev–Trinajstić information content (AvgIpc) is 2.67. The molecule has 1 heterocycles. The van der Waals surface area contributed by atoms with E-state index in [0.29, 0.717) is 6.04 Å². The van der Waals surface area contributed by atoms with Gasteiger partial charge in [0.05, 0.1) is 5.75 Å². The molecule has 2 rings (SSSR count). The van der Waals surface area contributed by atoms with Gasteiger partial charge in [0.2, 0.25) is 0 Å². The minimum absolute atomic E-state index is 0.0271. The molecule has 1 aliphatic heterocycles. The molecule has 2 unspecified atom stereocenters. The SMILES string of the molecule is CC(CCc1ccccc1)NC1C=CS(=O)(=O)C1. The van der Waals surface area contributed by atoms with Crippen LogP contribution in [0.4, 0.5) is 0 Å². The van der Waals surface area contributed by atoms with E-state index in [4.69, 9.17) is 0 Å². The van der Waals surface area contributed by atoms with E-state index < -0.39 is 9.84 Å². The highest BCUT2D eigenvalue weighted by molar-refractivity contribution is 7.94. The maximum atomic E-state index is 11.3. The van der Waals surface area contributed by atoms with Crippen molar-refractivity contribution in [2.24, 2.45) is 0 Å². The van der Waals surface area contributed by atoms with E-state index in [-0.39, 0.29) is 11.8 Å². The molecule has 2 atom stereocenters. The topological polar surface area (TPSA) is 46.2 Å². The number of benzene rings is 1. The summed E-state index contributed by atoms with van der Waals surface area (Å²) in [5.74, 6) is 0.197. The van der Waals surface area contributed by atoms with E-state index >= 15 is 0 Å². The van der Waals surface area contributed by atoms with E-state index in [1.165, 1.54) is 11.0 Å². The molecule has 0 saturated carbocycles. The normalized spacial score (nSPS) is 23.1. The van der Waals surface area contributed by atoms with Crippen LogP contribution in [0.2, 0.25) is 0 Å². The van der Waals surface area contributed by atoms with Crippen LogP contribution in [-0.2, 0) is 16.3 Å². The van der Waals surface area contributed by atoms with Gasteiger partial charge in [0.1, 0.15) is 0 Å². The predicted molar refractivity (Wildman–Crippen MR) is 74.1 cm³/mol. The van der Waals surface area contributed by atoms with Crippen molar-refractivity contribution in [3.8, 4) is 0 Å². The van der Waals surface area contributed by atoms with Crippen molar-refractivity contribution >= 4 is 9.84 Å². The first kappa shape index (κ1) is 13.3. The Kier molecular flexibility index (Phi) is 4.19. The smallest absolute Gasteiger partial charge is 0.173 e. The Morgan fingerprint density at radius 2 is 2.06 bits per heavy atom. The van der Waals surface area contributed by atoms with E-state index in [2.05, 4.69) is 24.4 Å².